The number of carboxylic acids is 1. The van der Waals surface area contributed by atoms with E-state index in [9.17, 15) is 9.59 Å². The van der Waals surface area contributed by atoms with E-state index in [-0.39, 0.29) is 23.5 Å². The number of rotatable bonds is 7. The van der Waals surface area contributed by atoms with E-state index in [0.717, 1.165) is 19.3 Å². The van der Waals surface area contributed by atoms with E-state index < -0.39 is 5.97 Å². The standard InChI is InChI=1S/C11H16N2O3S/c12-4-5-17-7-9(14)13-8-11(2-1-3-11)6-10(15)16/h1-3,5-8H2,(H,13,14)(H,15,16). The highest BCUT2D eigenvalue weighted by atomic mass is 32.2. The Labute approximate surface area is 105 Å². The molecule has 0 unspecified atom stereocenters. The van der Waals surface area contributed by atoms with Gasteiger partial charge in [-0.15, -0.1) is 11.8 Å². The average molecular weight is 256 g/mol. The second kappa shape index (κ2) is 6.50. The number of carbonyl (C=O) groups excluding carboxylic acids is 1. The molecule has 0 bridgehead atoms. The van der Waals surface area contributed by atoms with Gasteiger partial charge in [0.1, 0.15) is 0 Å². The fraction of sp³-hybridized carbons (Fsp3) is 0.727. The molecule has 0 radical (unpaired) electrons. The minimum absolute atomic E-state index is 0.123. The molecule has 0 aromatic rings. The Balaban J connectivity index is 2.26. The van der Waals surface area contributed by atoms with Crippen molar-refractivity contribution in [2.75, 3.05) is 18.1 Å². The fourth-order valence-corrected chi connectivity index (χ4v) is 2.42. The Morgan fingerprint density at radius 3 is 2.65 bits per heavy atom. The molecule has 2 N–H and O–H groups in total. The van der Waals surface area contributed by atoms with Crippen LogP contribution in [-0.4, -0.2) is 35.0 Å². The third-order valence-electron chi connectivity index (χ3n) is 3.00. The number of hydrogen-bond acceptors (Lipinski definition) is 4. The molecular formula is C11H16N2O3S. The second-order valence-electron chi connectivity index (χ2n) is 4.35. The molecule has 1 rings (SSSR count). The van der Waals surface area contributed by atoms with Crippen LogP contribution >= 0.6 is 11.8 Å². The Bertz CT molecular complexity index is 334. The summed E-state index contributed by atoms with van der Waals surface area (Å²) < 4.78 is 0. The van der Waals surface area contributed by atoms with Gasteiger partial charge >= 0.3 is 5.97 Å². The van der Waals surface area contributed by atoms with E-state index in [1.807, 2.05) is 6.07 Å². The summed E-state index contributed by atoms with van der Waals surface area (Å²) in [6, 6.07) is 1.95. The van der Waals surface area contributed by atoms with Gasteiger partial charge < -0.3 is 10.4 Å². The smallest absolute Gasteiger partial charge is 0.303 e. The van der Waals surface area contributed by atoms with Gasteiger partial charge in [-0.2, -0.15) is 5.26 Å². The number of nitriles is 1. The first kappa shape index (κ1) is 13.8. The van der Waals surface area contributed by atoms with E-state index >= 15 is 0 Å². The second-order valence-corrected chi connectivity index (χ2v) is 5.34. The summed E-state index contributed by atoms with van der Waals surface area (Å²) in [5.74, 6) is -0.371. The molecule has 0 atom stereocenters. The van der Waals surface area contributed by atoms with Crippen LogP contribution in [0.4, 0.5) is 0 Å². The third-order valence-corrected chi connectivity index (χ3v) is 3.80. The van der Waals surface area contributed by atoms with Gasteiger partial charge in [-0.05, 0) is 18.3 Å². The van der Waals surface area contributed by atoms with Crippen molar-refractivity contribution in [2.45, 2.75) is 25.7 Å². The predicted molar refractivity (Wildman–Crippen MR) is 64.5 cm³/mol. The molecule has 6 heteroatoms. The molecule has 0 aliphatic heterocycles. The Hall–Kier alpha value is -1.22. The van der Waals surface area contributed by atoms with Crippen molar-refractivity contribution in [3.63, 3.8) is 0 Å². The van der Waals surface area contributed by atoms with Crippen molar-refractivity contribution in [3.05, 3.63) is 0 Å². The molecule has 17 heavy (non-hydrogen) atoms. The average Bonchev–Trinajstić information content (AvgIpc) is 2.22. The quantitative estimate of drug-likeness (QED) is 0.663. The number of carbonyl (C=O) groups is 2. The fourth-order valence-electron chi connectivity index (χ4n) is 1.94. The highest BCUT2D eigenvalue weighted by molar-refractivity contribution is 8.00. The van der Waals surface area contributed by atoms with Crippen LogP contribution < -0.4 is 5.32 Å². The van der Waals surface area contributed by atoms with E-state index in [0.29, 0.717) is 12.3 Å². The number of nitrogens with zero attached hydrogens (tertiary/aromatic N) is 1. The van der Waals surface area contributed by atoms with Crippen LogP contribution in [0, 0.1) is 16.7 Å². The van der Waals surface area contributed by atoms with Gasteiger partial charge in [0.05, 0.1) is 24.0 Å². The van der Waals surface area contributed by atoms with Crippen molar-refractivity contribution in [1.29, 1.82) is 5.26 Å². The third kappa shape index (κ3) is 4.65. The minimum atomic E-state index is -0.808. The lowest BCUT2D eigenvalue weighted by molar-refractivity contribution is -0.141. The number of carboxylic acid groups (broad SMARTS) is 1. The van der Waals surface area contributed by atoms with Crippen molar-refractivity contribution < 1.29 is 14.7 Å². The van der Waals surface area contributed by atoms with Gasteiger partial charge in [0.15, 0.2) is 0 Å². The number of nitrogens with one attached hydrogen (secondary N) is 1. The van der Waals surface area contributed by atoms with Gasteiger partial charge in [0.2, 0.25) is 5.91 Å². The molecule has 1 aliphatic carbocycles. The normalized spacial score (nSPS) is 16.6. The highest BCUT2D eigenvalue weighted by Crippen LogP contribution is 2.43. The molecule has 1 amide bonds. The largest absolute Gasteiger partial charge is 0.481 e. The zero-order chi connectivity index (χ0) is 12.7. The summed E-state index contributed by atoms with van der Waals surface area (Å²) in [5, 5.41) is 19.9. The maximum atomic E-state index is 11.4. The summed E-state index contributed by atoms with van der Waals surface area (Å²) in [6.07, 6.45) is 2.89. The van der Waals surface area contributed by atoms with Crippen LogP contribution in [0.15, 0.2) is 0 Å². The van der Waals surface area contributed by atoms with Crippen molar-refractivity contribution in [2.24, 2.45) is 5.41 Å². The molecule has 0 aromatic heterocycles. The van der Waals surface area contributed by atoms with Crippen molar-refractivity contribution >= 4 is 23.6 Å². The molecular weight excluding hydrogens is 240 g/mol. The number of amides is 1. The van der Waals surface area contributed by atoms with Crippen LogP contribution in [0.1, 0.15) is 25.7 Å². The van der Waals surface area contributed by atoms with Crippen LogP contribution in [0.5, 0.6) is 0 Å². The molecule has 0 saturated heterocycles. The molecule has 0 aromatic carbocycles. The summed E-state index contributed by atoms with van der Waals surface area (Å²) in [7, 11) is 0. The van der Waals surface area contributed by atoms with E-state index in [4.69, 9.17) is 10.4 Å². The zero-order valence-electron chi connectivity index (χ0n) is 9.57. The van der Waals surface area contributed by atoms with Crippen LogP contribution in [-0.2, 0) is 9.59 Å². The molecule has 0 spiro atoms. The molecule has 0 heterocycles. The lowest BCUT2D eigenvalue weighted by atomic mass is 9.66. The first-order valence-electron chi connectivity index (χ1n) is 5.51. The number of aliphatic carboxylic acids is 1. The summed E-state index contributed by atoms with van der Waals surface area (Å²) >= 11 is 1.26. The zero-order valence-corrected chi connectivity index (χ0v) is 10.4. The van der Waals surface area contributed by atoms with E-state index in [2.05, 4.69) is 5.32 Å². The van der Waals surface area contributed by atoms with Gasteiger partial charge in [-0.1, -0.05) is 6.42 Å². The first-order valence-corrected chi connectivity index (χ1v) is 6.67. The molecule has 1 aliphatic rings. The monoisotopic (exact) mass is 256 g/mol. The Morgan fingerprint density at radius 2 is 2.18 bits per heavy atom. The Morgan fingerprint density at radius 1 is 1.47 bits per heavy atom. The van der Waals surface area contributed by atoms with Crippen LogP contribution in [0.25, 0.3) is 0 Å². The summed E-state index contributed by atoms with van der Waals surface area (Å²) in [4.78, 5) is 22.1. The lowest BCUT2D eigenvalue weighted by Gasteiger charge is -2.40. The van der Waals surface area contributed by atoms with Crippen LogP contribution in [0.2, 0.25) is 0 Å². The van der Waals surface area contributed by atoms with Crippen LogP contribution in [0.3, 0.4) is 0 Å². The summed E-state index contributed by atoms with van der Waals surface area (Å²) in [6.45, 7) is 0.436. The maximum absolute atomic E-state index is 11.4. The molecule has 1 fully saturated rings. The van der Waals surface area contributed by atoms with Crippen molar-refractivity contribution in [1.82, 2.24) is 5.32 Å². The van der Waals surface area contributed by atoms with E-state index in [1.165, 1.54) is 11.8 Å². The van der Waals surface area contributed by atoms with Gasteiger partial charge in [-0.3, -0.25) is 9.59 Å². The van der Waals surface area contributed by atoms with E-state index in [1.54, 1.807) is 0 Å². The van der Waals surface area contributed by atoms with Gasteiger partial charge in [-0.25, -0.2) is 0 Å². The molecule has 5 nitrogen and oxygen atoms in total. The molecule has 94 valence electrons. The topological polar surface area (TPSA) is 90.2 Å². The lowest BCUT2D eigenvalue weighted by Crippen LogP contribution is -2.44. The SMILES string of the molecule is N#CCSCC(=O)NCC1(CC(=O)O)CCC1. The van der Waals surface area contributed by atoms with Gasteiger partial charge in [0, 0.05) is 6.54 Å². The first-order chi connectivity index (χ1) is 8.08. The van der Waals surface area contributed by atoms with Crippen molar-refractivity contribution in [3.8, 4) is 6.07 Å². The number of hydrogen-bond donors (Lipinski definition) is 2. The highest BCUT2D eigenvalue weighted by Gasteiger charge is 2.39. The molecule has 1 saturated carbocycles. The van der Waals surface area contributed by atoms with Gasteiger partial charge in [0.25, 0.3) is 0 Å². The predicted octanol–water partition coefficient (Wildman–Crippen LogP) is 1.00. The Kier molecular flexibility index (Phi) is 5.29. The maximum Gasteiger partial charge on any atom is 0.303 e. The summed E-state index contributed by atoms with van der Waals surface area (Å²) in [5.41, 5.74) is -0.235. The number of thioether (sulfide) groups is 1. The minimum Gasteiger partial charge on any atom is -0.481 e.